The van der Waals surface area contributed by atoms with Crippen molar-refractivity contribution in [1.29, 1.82) is 0 Å². The smallest absolute Gasteiger partial charge is 0.0160 e. The molecule has 0 saturated carbocycles. The summed E-state index contributed by atoms with van der Waals surface area (Å²) in [6, 6.07) is 0. The largest absolute Gasteiger partial charge is 0.325 e. The fraction of sp³-hybridized carbons (Fsp3) is 0.750. The van der Waals surface area contributed by atoms with Crippen molar-refractivity contribution in [3.05, 3.63) is 12.2 Å². The molecule has 9 heavy (non-hydrogen) atoms. The summed E-state index contributed by atoms with van der Waals surface area (Å²) in [7, 11) is 0. The molecule has 1 rings (SSSR count). The van der Waals surface area contributed by atoms with E-state index in [-0.39, 0.29) is 5.54 Å². The van der Waals surface area contributed by atoms with Crippen LogP contribution in [-0.2, 0) is 0 Å². The molecule has 0 heterocycles. The van der Waals surface area contributed by atoms with Crippen LogP contribution in [0.2, 0.25) is 0 Å². The lowest BCUT2D eigenvalue weighted by Crippen LogP contribution is -2.34. The van der Waals surface area contributed by atoms with Gasteiger partial charge in [0.05, 0.1) is 0 Å². The van der Waals surface area contributed by atoms with Crippen molar-refractivity contribution in [3.63, 3.8) is 0 Å². The molecule has 2 N–H and O–H groups in total. The molecule has 0 amide bonds. The second-order valence-electron chi connectivity index (χ2n) is 3.22. The summed E-state index contributed by atoms with van der Waals surface area (Å²) in [6.07, 6.45) is 9.12. The van der Waals surface area contributed by atoms with Crippen LogP contribution in [0.4, 0.5) is 0 Å². The zero-order valence-electron chi connectivity index (χ0n) is 6.06. The van der Waals surface area contributed by atoms with E-state index in [0.29, 0.717) is 0 Å². The normalized spacial score (nSPS) is 36.2. The zero-order valence-corrected chi connectivity index (χ0v) is 6.06. The molecule has 0 spiro atoms. The highest BCUT2D eigenvalue weighted by atomic mass is 14.7. The third-order valence-electron chi connectivity index (χ3n) is 1.87. The Bertz CT molecular complexity index is 114. The lowest BCUT2D eigenvalue weighted by Gasteiger charge is -2.20. The summed E-state index contributed by atoms with van der Waals surface area (Å²) in [4.78, 5) is 0. The molecular weight excluding hydrogens is 110 g/mol. The first-order valence-corrected chi connectivity index (χ1v) is 3.65. The van der Waals surface area contributed by atoms with Gasteiger partial charge in [-0.05, 0) is 32.6 Å². The number of hydrogen-bond donors (Lipinski definition) is 1. The molecule has 0 aliphatic heterocycles. The van der Waals surface area contributed by atoms with Crippen LogP contribution in [0.1, 0.15) is 32.6 Å². The highest BCUT2D eigenvalue weighted by molar-refractivity contribution is 4.95. The predicted octanol–water partition coefficient (Wildman–Crippen LogP) is 1.83. The molecule has 1 nitrogen and oxygen atoms in total. The van der Waals surface area contributed by atoms with Crippen LogP contribution in [0, 0.1) is 0 Å². The third-order valence-corrected chi connectivity index (χ3v) is 1.87. The molecular formula is C8H15N. The lowest BCUT2D eigenvalue weighted by atomic mass is 9.95. The van der Waals surface area contributed by atoms with Gasteiger partial charge in [0.25, 0.3) is 0 Å². The molecule has 0 bridgehead atoms. The molecule has 0 fully saturated rings. The molecule has 52 valence electrons. The molecule has 0 aromatic rings. The monoisotopic (exact) mass is 125 g/mol. The fourth-order valence-electron chi connectivity index (χ4n) is 1.20. The van der Waals surface area contributed by atoms with Crippen LogP contribution in [0.15, 0.2) is 12.2 Å². The quantitative estimate of drug-likeness (QED) is 0.491. The van der Waals surface area contributed by atoms with Crippen molar-refractivity contribution in [1.82, 2.24) is 0 Å². The SMILES string of the molecule is C[C@]1(N)CC=CCCC1. The summed E-state index contributed by atoms with van der Waals surface area (Å²) in [5.41, 5.74) is 6.00. The van der Waals surface area contributed by atoms with E-state index in [9.17, 15) is 0 Å². The molecule has 0 unspecified atom stereocenters. The Morgan fingerprint density at radius 3 is 3.00 bits per heavy atom. The summed E-state index contributed by atoms with van der Waals surface area (Å²) in [5.74, 6) is 0. The van der Waals surface area contributed by atoms with E-state index in [1.165, 1.54) is 19.3 Å². The highest BCUT2D eigenvalue weighted by Crippen LogP contribution is 2.18. The lowest BCUT2D eigenvalue weighted by molar-refractivity contribution is 0.434. The molecule has 1 atom stereocenters. The van der Waals surface area contributed by atoms with Crippen LogP contribution in [0.5, 0.6) is 0 Å². The van der Waals surface area contributed by atoms with E-state index in [1.54, 1.807) is 0 Å². The Hall–Kier alpha value is -0.300. The van der Waals surface area contributed by atoms with Crippen molar-refractivity contribution in [3.8, 4) is 0 Å². The van der Waals surface area contributed by atoms with E-state index in [0.717, 1.165) is 6.42 Å². The van der Waals surface area contributed by atoms with Gasteiger partial charge in [0.15, 0.2) is 0 Å². The number of rotatable bonds is 0. The van der Waals surface area contributed by atoms with Gasteiger partial charge in [0, 0.05) is 5.54 Å². The first-order chi connectivity index (χ1) is 4.21. The van der Waals surface area contributed by atoms with Gasteiger partial charge in [-0.15, -0.1) is 0 Å². The molecule has 1 aliphatic carbocycles. The van der Waals surface area contributed by atoms with Crippen molar-refractivity contribution in [2.24, 2.45) is 5.73 Å². The topological polar surface area (TPSA) is 26.0 Å². The first kappa shape index (κ1) is 6.81. The van der Waals surface area contributed by atoms with Crippen molar-refractivity contribution < 1.29 is 0 Å². The van der Waals surface area contributed by atoms with Crippen molar-refractivity contribution >= 4 is 0 Å². The Balaban J connectivity index is 2.48. The van der Waals surface area contributed by atoms with Gasteiger partial charge < -0.3 is 5.73 Å². The number of allylic oxidation sites excluding steroid dienone is 1. The molecule has 0 aromatic carbocycles. The van der Waals surface area contributed by atoms with Crippen molar-refractivity contribution in [2.45, 2.75) is 38.1 Å². The number of nitrogens with two attached hydrogens (primary N) is 1. The average molecular weight is 125 g/mol. The van der Waals surface area contributed by atoms with Crippen LogP contribution in [0.25, 0.3) is 0 Å². The number of hydrogen-bond acceptors (Lipinski definition) is 1. The van der Waals surface area contributed by atoms with Gasteiger partial charge in [-0.3, -0.25) is 0 Å². The molecule has 1 heteroatoms. The summed E-state index contributed by atoms with van der Waals surface area (Å²) >= 11 is 0. The third kappa shape index (κ3) is 2.19. The van der Waals surface area contributed by atoms with E-state index >= 15 is 0 Å². The molecule has 0 saturated heterocycles. The maximum absolute atomic E-state index is 5.93. The van der Waals surface area contributed by atoms with Gasteiger partial charge in [0.1, 0.15) is 0 Å². The van der Waals surface area contributed by atoms with Crippen LogP contribution < -0.4 is 5.73 Å². The van der Waals surface area contributed by atoms with Gasteiger partial charge in [0.2, 0.25) is 0 Å². The average Bonchev–Trinajstić information content (AvgIpc) is 1.92. The highest BCUT2D eigenvalue weighted by Gasteiger charge is 2.16. The Morgan fingerprint density at radius 2 is 2.22 bits per heavy atom. The Labute approximate surface area is 56.9 Å². The van der Waals surface area contributed by atoms with Crippen LogP contribution >= 0.6 is 0 Å². The molecule has 0 radical (unpaired) electrons. The van der Waals surface area contributed by atoms with Gasteiger partial charge in [-0.2, -0.15) is 0 Å². The van der Waals surface area contributed by atoms with Crippen LogP contribution in [0.3, 0.4) is 0 Å². The summed E-state index contributed by atoms with van der Waals surface area (Å²) in [6.45, 7) is 2.13. The molecule has 1 aliphatic rings. The minimum atomic E-state index is 0.0764. The second kappa shape index (κ2) is 2.53. The Morgan fingerprint density at radius 1 is 1.44 bits per heavy atom. The molecule has 0 aromatic heterocycles. The summed E-state index contributed by atoms with van der Waals surface area (Å²) < 4.78 is 0. The first-order valence-electron chi connectivity index (χ1n) is 3.65. The fourth-order valence-corrected chi connectivity index (χ4v) is 1.20. The van der Waals surface area contributed by atoms with E-state index < -0.39 is 0 Å². The predicted molar refractivity (Wildman–Crippen MR) is 40.2 cm³/mol. The Kier molecular flexibility index (Phi) is 1.91. The maximum Gasteiger partial charge on any atom is 0.0160 e. The standard InChI is InChI=1S/C8H15N/c1-8(9)6-4-2-3-5-7-8/h2,4H,3,5-7,9H2,1H3/t8-/m0/s1. The van der Waals surface area contributed by atoms with Gasteiger partial charge >= 0.3 is 0 Å². The van der Waals surface area contributed by atoms with Gasteiger partial charge in [-0.1, -0.05) is 12.2 Å². The second-order valence-corrected chi connectivity index (χ2v) is 3.22. The summed E-state index contributed by atoms with van der Waals surface area (Å²) in [5, 5.41) is 0. The van der Waals surface area contributed by atoms with Crippen molar-refractivity contribution in [2.75, 3.05) is 0 Å². The van der Waals surface area contributed by atoms with Crippen LogP contribution in [-0.4, -0.2) is 5.54 Å². The van der Waals surface area contributed by atoms with E-state index in [4.69, 9.17) is 5.73 Å². The van der Waals surface area contributed by atoms with E-state index in [1.807, 2.05) is 0 Å². The minimum Gasteiger partial charge on any atom is -0.325 e. The maximum atomic E-state index is 5.93. The zero-order chi connectivity index (χ0) is 6.74. The minimum absolute atomic E-state index is 0.0764. The van der Waals surface area contributed by atoms with E-state index in [2.05, 4.69) is 19.1 Å². The van der Waals surface area contributed by atoms with Gasteiger partial charge in [-0.25, -0.2) is 0 Å².